The molecule has 0 saturated heterocycles. The van der Waals surface area contributed by atoms with Crippen molar-refractivity contribution in [2.24, 2.45) is 0 Å². The molecular weight excluding hydrogens is 236 g/mol. The van der Waals surface area contributed by atoms with Crippen molar-refractivity contribution in [2.75, 3.05) is 20.4 Å². The van der Waals surface area contributed by atoms with E-state index in [9.17, 15) is 4.79 Å². The third kappa shape index (κ3) is 2.72. The van der Waals surface area contributed by atoms with Gasteiger partial charge in [-0.3, -0.25) is 9.78 Å². The Balaban J connectivity index is 2.37. The van der Waals surface area contributed by atoms with Crippen molar-refractivity contribution in [2.45, 2.75) is 23.8 Å². The Kier molecular flexibility index (Phi) is 3.57. The first-order valence-electron chi connectivity index (χ1n) is 5.53. The molecule has 0 atom stereocenters. The molecule has 1 amide bonds. The van der Waals surface area contributed by atoms with E-state index in [2.05, 4.69) is 4.98 Å². The number of aromatic nitrogens is 1. The summed E-state index contributed by atoms with van der Waals surface area (Å²) in [5.74, 6) is 0.623. The number of carbonyl (C=O) groups excluding carboxylic acids is 1. The van der Waals surface area contributed by atoms with Crippen molar-refractivity contribution in [1.29, 1.82) is 0 Å². The van der Waals surface area contributed by atoms with Crippen molar-refractivity contribution < 1.29 is 9.53 Å². The summed E-state index contributed by atoms with van der Waals surface area (Å²) in [6.45, 7) is 0. The van der Waals surface area contributed by atoms with Crippen molar-refractivity contribution in [3.05, 3.63) is 18.0 Å². The van der Waals surface area contributed by atoms with Crippen molar-refractivity contribution >= 4 is 17.7 Å². The Morgan fingerprint density at radius 3 is 2.71 bits per heavy atom. The van der Waals surface area contributed by atoms with Gasteiger partial charge in [0.1, 0.15) is 11.3 Å². The van der Waals surface area contributed by atoms with E-state index in [-0.39, 0.29) is 12.0 Å². The molecule has 1 aliphatic rings. The van der Waals surface area contributed by atoms with E-state index in [0.29, 0.717) is 11.3 Å². The highest BCUT2D eigenvalue weighted by Crippen LogP contribution is 2.35. The molecule has 1 saturated carbocycles. The molecule has 1 aromatic rings. The van der Waals surface area contributed by atoms with E-state index in [0.717, 1.165) is 17.7 Å². The van der Waals surface area contributed by atoms with Gasteiger partial charge in [0.05, 0.1) is 11.0 Å². The molecule has 0 aromatic carbocycles. The quantitative estimate of drug-likeness (QED) is 0.769. The minimum Gasteiger partial charge on any atom is -0.488 e. The first-order chi connectivity index (χ1) is 8.13. The molecule has 1 aliphatic carbocycles. The highest BCUT2D eigenvalue weighted by molar-refractivity contribution is 7.98. The molecule has 0 radical (unpaired) electrons. The van der Waals surface area contributed by atoms with E-state index in [1.807, 2.05) is 6.26 Å². The number of thioether (sulfide) groups is 1. The molecule has 1 aromatic heterocycles. The molecule has 0 unspecified atom stereocenters. The summed E-state index contributed by atoms with van der Waals surface area (Å²) < 4.78 is 5.84. The van der Waals surface area contributed by atoms with Gasteiger partial charge >= 0.3 is 0 Å². The van der Waals surface area contributed by atoms with Crippen molar-refractivity contribution in [3.8, 4) is 5.75 Å². The minimum absolute atomic E-state index is 0.0657. The van der Waals surface area contributed by atoms with E-state index in [1.54, 1.807) is 43.2 Å². The molecule has 2 rings (SSSR count). The number of carbonyl (C=O) groups is 1. The van der Waals surface area contributed by atoms with Crippen LogP contribution in [0.5, 0.6) is 5.75 Å². The maximum absolute atomic E-state index is 12.0. The number of amides is 1. The van der Waals surface area contributed by atoms with Gasteiger partial charge in [-0.25, -0.2) is 0 Å². The molecule has 0 aliphatic heterocycles. The Morgan fingerprint density at radius 1 is 1.47 bits per heavy atom. The highest BCUT2D eigenvalue weighted by atomic mass is 32.2. The number of hydrogen-bond donors (Lipinski definition) is 0. The van der Waals surface area contributed by atoms with Crippen molar-refractivity contribution in [3.63, 3.8) is 0 Å². The van der Waals surface area contributed by atoms with E-state index < -0.39 is 0 Å². The molecule has 5 heteroatoms. The van der Waals surface area contributed by atoms with Crippen LogP contribution in [-0.2, 0) is 0 Å². The summed E-state index contributed by atoms with van der Waals surface area (Å²) in [4.78, 5) is 18.6. The summed E-state index contributed by atoms with van der Waals surface area (Å²) in [6, 6.07) is 0. The molecule has 1 fully saturated rings. The normalized spacial score (nSPS) is 14.5. The number of nitrogens with zero attached hydrogens (tertiary/aromatic N) is 2. The van der Waals surface area contributed by atoms with E-state index >= 15 is 0 Å². The number of hydrogen-bond acceptors (Lipinski definition) is 4. The molecule has 92 valence electrons. The highest BCUT2D eigenvalue weighted by Gasteiger charge is 2.27. The van der Waals surface area contributed by atoms with Gasteiger partial charge in [-0.2, -0.15) is 0 Å². The van der Waals surface area contributed by atoms with Crippen LogP contribution in [0, 0.1) is 0 Å². The lowest BCUT2D eigenvalue weighted by Gasteiger charge is -2.16. The molecule has 1 heterocycles. The van der Waals surface area contributed by atoms with Gasteiger partial charge in [-0.1, -0.05) is 0 Å². The lowest BCUT2D eigenvalue weighted by atomic mass is 10.2. The summed E-state index contributed by atoms with van der Waals surface area (Å²) in [6.07, 6.45) is 7.71. The monoisotopic (exact) mass is 252 g/mol. The molecule has 0 spiro atoms. The Bertz CT molecular complexity index is 431. The lowest BCUT2D eigenvalue weighted by Crippen LogP contribution is -2.23. The average Bonchev–Trinajstić information content (AvgIpc) is 3.12. The number of ether oxygens (including phenoxy) is 1. The zero-order valence-corrected chi connectivity index (χ0v) is 11.1. The fourth-order valence-electron chi connectivity index (χ4n) is 1.44. The Labute approximate surface area is 105 Å². The number of rotatable bonds is 4. The van der Waals surface area contributed by atoms with Gasteiger partial charge < -0.3 is 9.64 Å². The fourth-order valence-corrected chi connectivity index (χ4v) is 1.95. The predicted octanol–water partition coefficient (Wildman–Crippen LogP) is 2.05. The van der Waals surface area contributed by atoms with Crippen LogP contribution in [0.25, 0.3) is 0 Å². The summed E-state index contributed by atoms with van der Waals surface area (Å²) >= 11 is 1.55. The summed E-state index contributed by atoms with van der Waals surface area (Å²) in [5.41, 5.74) is 0.550. The van der Waals surface area contributed by atoms with Crippen LogP contribution in [0.4, 0.5) is 0 Å². The third-order valence-corrected chi connectivity index (χ3v) is 3.26. The maximum Gasteiger partial charge on any atom is 0.258 e. The smallest absolute Gasteiger partial charge is 0.258 e. The van der Waals surface area contributed by atoms with Crippen LogP contribution in [0.15, 0.2) is 17.3 Å². The second-order valence-electron chi connectivity index (χ2n) is 4.24. The lowest BCUT2D eigenvalue weighted by molar-refractivity contribution is 0.0821. The van der Waals surface area contributed by atoms with E-state index in [4.69, 9.17) is 4.74 Å². The van der Waals surface area contributed by atoms with Crippen LogP contribution < -0.4 is 4.74 Å². The van der Waals surface area contributed by atoms with Gasteiger partial charge in [0, 0.05) is 26.5 Å². The van der Waals surface area contributed by atoms with Gasteiger partial charge in [0.2, 0.25) is 0 Å². The minimum atomic E-state index is -0.0657. The Morgan fingerprint density at radius 2 is 2.18 bits per heavy atom. The maximum atomic E-state index is 12.0. The molecule has 0 bridgehead atoms. The third-order valence-electron chi connectivity index (χ3n) is 2.53. The molecule has 4 nitrogen and oxygen atoms in total. The predicted molar refractivity (Wildman–Crippen MR) is 67.7 cm³/mol. The molecule has 17 heavy (non-hydrogen) atoms. The number of pyridine rings is 1. The van der Waals surface area contributed by atoms with Gasteiger partial charge in [0.15, 0.2) is 0 Å². The zero-order valence-electron chi connectivity index (χ0n) is 10.3. The zero-order chi connectivity index (χ0) is 12.4. The molecular formula is C12H16N2O2S. The van der Waals surface area contributed by atoms with Crippen LogP contribution in [0.3, 0.4) is 0 Å². The average molecular weight is 252 g/mol. The van der Waals surface area contributed by atoms with Crippen LogP contribution in [0.2, 0.25) is 0 Å². The van der Waals surface area contributed by atoms with Crippen LogP contribution in [-0.4, -0.2) is 42.2 Å². The summed E-state index contributed by atoms with van der Waals surface area (Å²) in [7, 11) is 3.46. The first kappa shape index (κ1) is 12.2. The summed E-state index contributed by atoms with van der Waals surface area (Å²) in [5, 5.41) is 0. The molecule has 0 N–H and O–H groups in total. The first-order valence-corrected chi connectivity index (χ1v) is 6.76. The van der Waals surface area contributed by atoms with Crippen LogP contribution >= 0.6 is 11.8 Å². The second-order valence-corrected chi connectivity index (χ2v) is 5.08. The largest absolute Gasteiger partial charge is 0.488 e. The van der Waals surface area contributed by atoms with Gasteiger partial charge in [0.25, 0.3) is 5.91 Å². The topological polar surface area (TPSA) is 42.4 Å². The fraction of sp³-hybridized carbons (Fsp3) is 0.500. The SMILES string of the molecule is CSc1cncc(C(=O)N(C)C)c1OC1CC1. The van der Waals surface area contributed by atoms with E-state index in [1.165, 1.54) is 0 Å². The Hall–Kier alpha value is -1.23. The second kappa shape index (κ2) is 4.96. The van der Waals surface area contributed by atoms with Gasteiger partial charge in [-0.15, -0.1) is 11.8 Å². The van der Waals surface area contributed by atoms with Crippen molar-refractivity contribution in [1.82, 2.24) is 9.88 Å². The standard InChI is InChI=1S/C12H16N2O2S/c1-14(2)12(15)9-6-13-7-10(17-3)11(9)16-8-4-5-8/h6-8H,4-5H2,1-3H3. The van der Waals surface area contributed by atoms with Gasteiger partial charge in [-0.05, 0) is 19.1 Å². The van der Waals surface area contributed by atoms with Crippen LogP contribution in [0.1, 0.15) is 23.2 Å².